The molecule has 0 saturated carbocycles. The van der Waals surface area contributed by atoms with Crippen LogP contribution in [0.5, 0.6) is 0 Å². The lowest BCUT2D eigenvalue weighted by atomic mass is 10.2. The van der Waals surface area contributed by atoms with Gasteiger partial charge in [-0.15, -0.1) is 0 Å². The molecular weight excluding hydrogens is 399 g/mol. The molecule has 0 atom stereocenters. The molecule has 8 nitrogen and oxygen atoms in total. The Bertz CT molecular complexity index is 1480. The minimum atomic E-state index is -4.19. The van der Waals surface area contributed by atoms with Gasteiger partial charge in [0.2, 0.25) is 0 Å². The second-order valence-corrected chi connectivity index (χ2v) is 8.46. The van der Waals surface area contributed by atoms with Gasteiger partial charge in [-0.1, -0.05) is 0 Å². The zero-order valence-electron chi connectivity index (χ0n) is 15.8. The number of aryl methyl sites for hydroxylation is 3. The van der Waals surface area contributed by atoms with Gasteiger partial charge in [0.05, 0.1) is 15.9 Å². The molecule has 2 aromatic carbocycles. The Morgan fingerprint density at radius 3 is 2.28 bits per heavy atom. The summed E-state index contributed by atoms with van der Waals surface area (Å²) in [6, 6.07) is 9.64. The highest BCUT2D eigenvalue weighted by atomic mass is 32.2. The van der Waals surface area contributed by atoms with Crippen molar-refractivity contribution in [2.75, 3.05) is 0 Å². The molecule has 0 radical (unpaired) electrons. The molecule has 150 valence electrons. The molecule has 0 fully saturated rings. The minimum absolute atomic E-state index is 0.0716. The van der Waals surface area contributed by atoms with E-state index in [1.54, 1.807) is 14.1 Å². The van der Waals surface area contributed by atoms with Crippen LogP contribution in [0.2, 0.25) is 0 Å². The lowest BCUT2D eigenvalue weighted by Crippen LogP contribution is -2.31. The molecule has 1 N–H and O–H groups in total. The Hall–Kier alpha value is -3.40. The van der Waals surface area contributed by atoms with Gasteiger partial charge in [-0.3, -0.25) is 13.9 Å². The van der Waals surface area contributed by atoms with Gasteiger partial charge < -0.3 is 4.57 Å². The van der Waals surface area contributed by atoms with Crippen molar-refractivity contribution in [3.63, 3.8) is 0 Å². The molecule has 0 aliphatic carbocycles. The molecule has 1 amide bonds. The Morgan fingerprint density at radius 2 is 1.55 bits per heavy atom. The minimum Gasteiger partial charge on any atom is -0.340 e. The van der Waals surface area contributed by atoms with Crippen molar-refractivity contribution < 1.29 is 17.6 Å². The number of benzene rings is 2. The largest absolute Gasteiger partial charge is 0.340 e. The van der Waals surface area contributed by atoms with Gasteiger partial charge >= 0.3 is 5.69 Å². The fourth-order valence-electron chi connectivity index (χ4n) is 3.43. The molecule has 10 heteroatoms. The summed E-state index contributed by atoms with van der Waals surface area (Å²) in [7, 11) is 0.520. The number of hydrogen-bond acceptors (Lipinski definition) is 4. The van der Waals surface area contributed by atoms with E-state index >= 15 is 0 Å². The highest BCUT2D eigenvalue weighted by Crippen LogP contribution is 2.21. The van der Waals surface area contributed by atoms with E-state index in [-0.39, 0.29) is 16.3 Å². The lowest BCUT2D eigenvalue weighted by molar-refractivity contribution is 0.0974. The monoisotopic (exact) mass is 416 g/mol. The molecule has 0 aliphatic rings. The number of fused-ring (bicyclic) bond motifs is 2. The normalized spacial score (nSPS) is 12.0. The maximum Gasteiger partial charge on any atom is 0.328 e. The number of carbonyl (C=O) groups excluding carboxylic acids is 1. The first-order valence-electron chi connectivity index (χ1n) is 8.58. The quantitative estimate of drug-likeness (QED) is 0.549. The van der Waals surface area contributed by atoms with Crippen molar-refractivity contribution in [1.29, 1.82) is 0 Å². The first-order valence-corrected chi connectivity index (χ1v) is 10.1. The average Bonchev–Trinajstić information content (AvgIpc) is 3.11. The standard InChI is InChI=1S/C19H17FN4O4S/c1-22-14-6-4-12(20)8-11(14)9-17(22)18(25)21-29(27,28)13-5-7-15-16(10-13)24(3)19(26)23(15)2/h4-10H,1-3H3,(H,21,25). The first kappa shape index (κ1) is 18.9. The van der Waals surface area contributed by atoms with Crippen molar-refractivity contribution in [1.82, 2.24) is 18.4 Å². The van der Waals surface area contributed by atoms with E-state index in [1.807, 2.05) is 4.72 Å². The zero-order valence-corrected chi connectivity index (χ0v) is 16.6. The van der Waals surface area contributed by atoms with E-state index in [9.17, 15) is 22.4 Å². The molecule has 4 aromatic rings. The Balaban J connectivity index is 1.73. The van der Waals surface area contributed by atoms with Crippen molar-refractivity contribution in [3.05, 3.63) is 64.5 Å². The molecule has 4 rings (SSSR count). The third-order valence-electron chi connectivity index (χ3n) is 5.02. The van der Waals surface area contributed by atoms with Crippen LogP contribution in [0.1, 0.15) is 10.5 Å². The second kappa shape index (κ2) is 6.31. The van der Waals surface area contributed by atoms with Crippen LogP contribution in [0.4, 0.5) is 4.39 Å². The van der Waals surface area contributed by atoms with E-state index in [4.69, 9.17) is 0 Å². The molecule has 0 bridgehead atoms. The SMILES string of the molecule is Cn1c(C(=O)NS(=O)(=O)c2ccc3c(c2)n(C)c(=O)n3C)cc2cc(F)ccc21. The van der Waals surface area contributed by atoms with Gasteiger partial charge in [0.25, 0.3) is 15.9 Å². The number of nitrogens with one attached hydrogen (secondary N) is 1. The number of imidazole rings is 1. The molecular formula is C19H17FN4O4S. The number of rotatable bonds is 3. The summed E-state index contributed by atoms with van der Waals surface area (Å²) in [5, 5.41) is 0.482. The van der Waals surface area contributed by atoms with Gasteiger partial charge in [-0.2, -0.15) is 0 Å². The van der Waals surface area contributed by atoms with E-state index in [0.717, 1.165) is 0 Å². The predicted molar refractivity (Wildman–Crippen MR) is 106 cm³/mol. The number of halogens is 1. The van der Waals surface area contributed by atoms with Gasteiger partial charge in [0.1, 0.15) is 11.5 Å². The number of nitrogens with zero attached hydrogens (tertiary/aromatic N) is 3. The summed E-state index contributed by atoms with van der Waals surface area (Å²) in [4.78, 5) is 24.5. The molecule has 0 aliphatic heterocycles. The van der Waals surface area contributed by atoms with Crippen LogP contribution < -0.4 is 10.4 Å². The average molecular weight is 416 g/mol. The fraction of sp³-hybridized carbons (Fsp3) is 0.158. The Labute approximate surface area is 164 Å². The lowest BCUT2D eigenvalue weighted by Gasteiger charge is -2.08. The molecule has 2 aromatic heterocycles. The summed E-state index contributed by atoms with van der Waals surface area (Å²) in [6.07, 6.45) is 0. The van der Waals surface area contributed by atoms with Crippen LogP contribution in [0.15, 0.2) is 52.2 Å². The van der Waals surface area contributed by atoms with Crippen LogP contribution in [-0.2, 0) is 31.2 Å². The summed E-state index contributed by atoms with van der Waals surface area (Å²) < 4.78 is 45.2. The van der Waals surface area contributed by atoms with Gasteiger partial charge in [0.15, 0.2) is 0 Å². The number of hydrogen-bond donors (Lipinski definition) is 1. The fourth-order valence-corrected chi connectivity index (χ4v) is 4.41. The second-order valence-electron chi connectivity index (χ2n) is 6.78. The third kappa shape index (κ3) is 2.92. The summed E-state index contributed by atoms with van der Waals surface area (Å²) >= 11 is 0. The molecule has 0 saturated heterocycles. The maximum atomic E-state index is 13.4. The molecule has 0 spiro atoms. The van der Waals surface area contributed by atoms with Crippen LogP contribution >= 0.6 is 0 Å². The summed E-state index contributed by atoms with van der Waals surface area (Å²) in [5.41, 5.74) is 1.37. The first-order chi connectivity index (χ1) is 13.6. The van der Waals surface area contributed by atoms with Crippen molar-refractivity contribution >= 4 is 37.9 Å². The molecule has 0 unspecified atom stereocenters. The maximum absolute atomic E-state index is 13.4. The number of amides is 1. The van der Waals surface area contributed by atoms with E-state index < -0.39 is 21.7 Å². The van der Waals surface area contributed by atoms with Gasteiger partial charge in [-0.05, 0) is 42.5 Å². The molecule has 29 heavy (non-hydrogen) atoms. The number of aromatic nitrogens is 3. The molecule has 2 heterocycles. The van der Waals surface area contributed by atoms with E-state index in [1.165, 1.54) is 63.2 Å². The van der Waals surface area contributed by atoms with Crippen molar-refractivity contribution in [3.8, 4) is 0 Å². The van der Waals surface area contributed by atoms with Crippen LogP contribution in [0.3, 0.4) is 0 Å². The third-order valence-corrected chi connectivity index (χ3v) is 6.35. The predicted octanol–water partition coefficient (Wildman–Crippen LogP) is 1.63. The van der Waals surface area contributed by atoms with Crippen molar-refractivity contribution in [2.24, 2.45) is 21.1 Å². The highest BCUT2D eigenvalue weighted by Gasteiger charge is 2.23. The zero-order chi connectivity index (χ0) is 21.1. The Morgan fingerprint density at radius 1 is 0.897 bits per heavy atom. The summed E-state index contributed by atoms with van der Waals surface area (Å²) in [6.45, 7) is 0. The van der Waals surface area contributed by atoms with Gasteiger partial charge in [0, 0.05) is 32.0 Å². The van der Waals surface area contributed by atoms with Crippen LogP contribution in [0.25, 0.3) is 21.9 Å². The van der Waals surface area contributed by atoms with E-state index in [0.29, 0.717) is 21.9 Å². The number of carbonyl (C=O) groups is 1. The van der Waals surface area contributed by atoms with E-state index in [2.05, 4.69) is 0 Å². The summed E-state index contributed by atoms with van der Waals surface area (Å²) in [5.74, 6) is -1.30. The smallest absolute Gasteiger partial charge is 0.328 e. The number of sulfonamides is 1. The topological polar surface area (TPSA) is 95.1 Å². The highest BCUT2D eigenvalue weighted by molar-refractivity contribution is 7.90. The van der Waals surface area contributed by atoms with Crippen LogP contribution in [0, 0.1) is 5.82 Å². The van der Waals surface area contributed by atoms with Crippen molar-refractivity contribution in [2.45, 2.75) is 4.90 Å². The van der Waals surface area contributed by atoms with Gasteiger partial charge in [-0.25, -0.2) is 22.3 Å². The Kier molecular flexibility index (Phi) is 4.12. The van der Waals surface area contributed by atoms with Crippen LogP contribution in [-0.4, -0.2) is 28.0 Å².